The van der Waals surface area contributed by atoms with Gasteiger partial charge in [0.25, 0.3) is 5.56 Å². The van der Waals surface area contributed by atoms with Gasteiger partial charge in [-0.3, -0.25) is 9.59 Å². The summed E-state index contributed by atoms with van der Waals surface area (Å²) in [7, 11) is 0. The molecule has 146 valence electrons. The zero-order chi connectivity index (χ0) is 20.5. The Morgan fingerprint density at radius 1 is 1.07 bits per heavy atom. The Hall–Kier alpha value is -3.74. The van der Waals surface area contributed by atoms with Crippen LogP contribution in [0.15, 0.2) is 57.8 Å². The molecular formula is C22H20N4O3. The molecule has 0 aliphatic rings. The lowest BCUT2D eigenvalue weighted by Crippen LogP contribution is -2.30. The molecule has 0 aliphatic carbocycles. The fourth-order valence-corrected chi connectivity index (χ4v) is 3.28. The molecule has 0 spiro atoms. The lowest BCUT2D eigenvalue weighted by atomic mass is 9.99. The molecule has 2 aromatic carbocycles. The molecule has 0 saturated carbocycles. The molecule has 7 heteroatoms. The number of aryl methyl sites for hydroxylation is 3. The van der Waals surface area contributed by atoms with Crippen molar-refractivity contribution in [3.63, 3.8) is 0 Å². The largest absolute Gasteiger partial charge is 0.360 e. The summed E-state index contributed by atoms with van der Waals surface area (Å²) in [6.45, 7) is 5.51. The van der Waals surface area contributed by atoms with E-state index in [1.165, 1.54) is 4.68 Å². The zero-order valence-corrected chi connectivity index (χ0v) is 16.4. The first kappa shape index (κ1) is 18.6. The highest BCUT2D eigenvalue weighted by Gasteiger charge is 2.16. The summed E-state index contributed by atoms with van der Waals surface area (Å²) in [6, 6.07) is 15.0. The number of hydrogen-bond acceptors (Lipinski definition) is 5. The summed E-state index contributed by atoms with van der Waals surface area (Å²) < 4.78 is 6.15. The first-order chi connectivity index (χ1) is 13.9. The third-order valence-corrected chi connectivity index (χ3v) is 4.70. The maximum Gasteiger partial charge on any atom is 0.275 e. The highest BCUT2D eigenvalue weighted by molar-refractivity contribution is 5.95. The number of hydrogen-bond donors (Lipinski definition) is 1. The molecule has 4 aromatic rings. The van der Waals surface area contributed by atoms with Crippen LogP contribution in [-0.4, -0.2) is 20.8 Å². The standard InChI is InChI=1S/C22H20N4O3/c1-13-8-9-14(2)18(10-13)21-16-6-4-5-7-17(16)22(28)26(24-21)12-20(27)23-19-11-15(3)29-25-19/h4-11H,12H2,1-3H3,(H,23,25,27). The van der Waals surface area contributed by atoms with Gasteiger partial charge in [-0.15, -0.1) is 0 Å². The van der Waals surface area contributed by atoms with E-state index in [0.717, 1.165) is 22.1 Å². The predicted molar refractivity (Wildman–Crippen MR) is 111 cm³/mol. The van der Waals surface area contributed by atoms with Crippen molar-refractivity contribution in [2.24, 2.45) is 0 Å². The molecule has 0 saturated heterocycles. The molecule has 1 amide bonds. The van der Waals surface area contributed by atoms with Gasteiger partial charge >= 0.3 is 0 Å². The summed E-state index contributed by atoms with van der Waals surface area (Å²) >= 11 is 0. The van der Waals surface area contributed by atoms with Crippen LogP contribution in [0.5, 0.6) is 0 Å². The lowest BCUT2D eigenvalue weighted by molar-refractivity contribution is -0.117. The van der Waals surface area contributed by atoms with E-state index in [1.807, 2.05) is 44.2 Å². The third-order valence-electron chi connectivity index (χ3n) is 4.70. The van der Waals surface area contributed by atoms with Crippen molar-refractivity contribution in [1.82, 2.24) is 14.9 Å². The average Bonchev–Trinajstić information content (AvgIpc) is 3.10. The van der Waals surface area contributed by atoms with Crippen LogP contribution >= 0.6 is 0 Å². The highest BCUT2D eigenvalue weighted by atomic mass is 16.5. The predicted octanol–water partition coefficient (Wildman–Crippen LogP) is 3.62. The van der Waals surface area contributed by atoms with Crippen LogP contribution in [0, 0.1) is 20.8 Å². The van der Waals surface area contributed by atoms with Crippen LogP contribution in [0.4, 0.5) is 5.82 Å². The van der Waals surface area contributed by atoms with Crippen molar-refractivity contribution >= 4 is 22.5 Å². The van der Waals surface area contributed by atoms with Gasteiger partial charge in [0.15, 0.2) is 5.82 Å². The quantitative estimate of drug-likeness (QED) is 0.577. The molecule has 0 radical (unpaired) electrons. The maximum absolute atomic E-state index is 12.9. The van der Waals surface area contributed by atoms with Gasteiger partial charge in [-0.25, -0.2) is 4.68 Å². The second kappa shape index (κ2) is 7.35. The molecule has 0 aliphatic heterocycles. The van der Waals surface area contributed by atoms with E-state index in [2.05, 4.69) is 15.6 Å². The van der Waals surface area contributed by atoms with E-state index < -0.39 is 5.91 Å². The number of anilines is 1. The van der Waals surface area contributed by atoms with E-state index in [4.69, 9.17) is 4.52 Å². The van der Waals surface area contributed by atoms with Gasteiger partial charge in [0, 0.05) is 17.0 Å². The van der Waals surface area contributed by atoms with Crippen LogP contribution < -0.4 is 10.9 Å². The summed E-state index contributed by atoms with van der Waals surface area (Å²) in [6.07, 6.45) is 0. The number of nitrogens with zero attached hydrogens (tertiary/aromatic N) is 3. The van der Waals surface area contributed by atoms with E-state index >= 15 is 0 Å². The summed E-state index contributed by atoms with van der Waals surface area (Å²) in [5, 5.41) is 12.2. The number of carbonyl (C=O) groups excluding carboxylic acids is 1. The molecule has 29 heavy (non-hydrogen) atoms. The molecule has 0 fully saturated rings. The summed E-state index contributed by atoms with van der Waals surface area (Å²) in [5.74, 6) is 0.477. The van der Waals surface area contributed by atoms with E-state index in [9.17, 15) is 9.59 Å². The van der Waals surface area contributed by atoms with Crippen molar-refractivity contribution in [1.29, 1.82) is 0 Å². The number of rotatable bonds is 4. The molecule has 0 atom stereocenters. The van der Waals surface area contributed by atoms with Crippen molar-refractivity contribution in [2.45, 2.75) is 27.3 Å². The van der Waals surface area contributed by atoms with Crippen molar-refractivity contribution < 1.29 is 9.32 Å². The van der Waals surface area contributed by atoms with Gasteiger partial charge in [0.1, 0.15) is 12.3 Å². The minimum atomic E-state index is -0.407. The Labute approximate surface area is 167 Å². The molecule has 1 N–H and O–H groups in total. The Kier molecular flexibility index (Phi) is 4.72. The first-order valence-corrected chi connectivity index (χ1v) is 9.23. The fraction of sp³-hybridized carbons (Fsp3) is 0.182. The average molecular weight is 388 g/mol. The van der Waals surface area contributed by atoms with Crippen LogP contribution in [0.3, 0.4) is 0 Å². The second-order valence-electron chi connectivity index (χ2n) is 7.05. The third kappa shape index (κ3) is 3.67. The molecule has 2 aromatic heterocycles. The van der Waals surface area contributed by atoms with E-state index in [-0.39, 0.29) is 12.1 Å². The smallest absolute Gasteiger partial charge is 0.275 e. The van der Waals surface area contributed by atoms with Crippen LogP contribution in [0.25, 0.3) is 22.0 Å². The van der Waals surface area contributed by atoms with Gasteiger partial charge in [-0.05, 0) is 38.5 Å². The van der Waals surface area contributed by atoms with Crippen molar-refractivity contribution in [2.75, 3.05) is 5.32 Å². The maximum atomic E-state index is 12.9. The number of nitrogens with one attached hydrogen (secondary N) is 1. The minimum Gasteiger partial charge on any atom is -0.360 e. The van der Waals surface area contributed by atoms with Gasteiger partial charge < -0.3 is 9.84 Å². The van der Waals surface area contributed by atoms with E-state index in [0.29, 0.717) is 22.7 Å². The van der Waals surface area contributed by atoms with Gasteiger partial charge in [0.2, 0.25) is 5.91 Å². The lowest BCUT2D eigenvalue weighted by Gasteiger charge is -2.13. The number of amides is 1. The molecule has 7 nitrogen and oxygen atoms in total. The van der Waals surface area contributed by atoms with Gasteiger partial charge in [-0.2, -0.15) is 5.10 Å². The summed E-state index contributed by atoms with van der Waals surface area (Å²) in [4.78, 5) is 25.4. The fourth-order valence-electron chi connectivity index (χ4n) is 3.28. The molecule has 0 unspecified atom stereocenters. The molecule has 0 bridgehead atoms. The highest BCUT2D eigenvalue weighted by Crippen LogP contribution is 2.28. The first-order valence-electron chi connectivity index (χ1n) is 9.23. The Morgan fingerprint density at radius 3 is 2.55 bits per heavy atom. The Balaban J connectivity index is 1.80. The van der Waals surface area contributed by atoms with Crippen molar-refractivity contribution in [3.05, 3.63) is 75.8 Å². The zero-order valence-electron chi connectivity index (χ0n) is 16.4. The van der Waals surface area contributed by atoms with Crippen LogP contribution in [-0.2, 0) is 11.3 Å². The Morgan fingerprint density at radius 2 is 1.83 bits per heavy atom. The molecule has 4 rings (SSSR count). The Bertz CT molecular complexity index is 1290. The number of benzene rings is 2. The SMILES string of the molecule is Cc1ccc(C)c(-c2nn(CC(=O)Nc3cc(C)on3)c(=O)c3ccccc23)c1. The minimum absolute atomic E-state index is 0.229. The summed E-state index contributed by atoms with van der Waals surface area (Å²) in [5.41, 5.74) is 3.42. The van der Waals surface area contributed by atoms with Gasteiger partial charge in [-0.1, -0.05) is 41.1 Å². The topological polar surface area (TPSA) is 90.0 Å². The second-order valence-corrected chi connectivity index (χ2v) is 7.05. The van der Waals surface area contributed by atoms with Crippen LogP contribution in [0.2, 0.25) is 0 Å². The van der Waals surface area contributed by atoms with Crippen LogP contribution in [0.1, 0.15) is 16.9 Å². The normalized spacial score (nSPS) is 11.0. The van der Waals surface area contributed by atoms with Crippen molar-refractivity contribution in [3.8, 4) is 11.3 Å². The molecule has 2 heterocycles. The number of aromatic nitrogens is 3. The molecular weight excluding hydrogens is 368 g/mol. The number of fused-ring (bicyclic) bond motifs is 1. The van der Waals surface area contributed by atoms with Gasteiger partial charge in [0.05, 0.1) is 11.1 Å². The number of carbonyl (C=O) groups is 1. The monoisotopic (exact) mass is 388 g/mol. The van der Waals surface area contributed by atoms with E-state index in [1.54, 1.807) is 25.1 Å².